The van der Waals surface area contributed by atoms with Crippen LogP contribution in [0.15, 0.2) is 54.6 Å². The van der Waals surface area contributed by atoms with Gasteiger partial charge in [0, 0.05) is 32.4 Å². The standard InChI is InChI=1S/C29H36FN3O3/c1-19(2)21-11-13-23(14-12-21)28(22-8-5-4-6-9-22)31-29(36)26-16-24(30)18-33(26)27(35)17-25-10-7-15-32(25)20(3)34/h4-6,8-9,11-14,19,24-26,28H,7,10,15-18H2,1-3H3,(H,31,36). The van der Waals surface area contributed by atoms with Gasteiger partial charge in [0.05, 0.1) is 12.6 Å². The monoisotopic (exact) mass is 493 g/mol. The third kappa shape index (κ3) is 5.77. The molecule has 192 valence electrons. The molecule has 36 heavy (non-hydrogen) atoms. The molecule has 6 nitrogen and oxygen atoms in total. The van der Waals surface area contributed by atoms with Crippen LogP contribution in [0.1, 0.15) is 75.1 Å². The zero-order chi connectivity index (χ0) is 25.8. The van der Waals surface area contributed by atoms with Gasteiger partial charge >= 0.3 is 0 Å². The van der Waals surface area contributed by atoms with Gasteiger partial charge in [-0.05, 0) is 35.4 Å². The minimum absolute atomic E-state index is 0.0214. The first-order chi connectivity index (χ1) is 17.2. The van der Waals surface area contributed by atoms with E-state index in [1.165, 1.54) is 17.4 Å². The SMILES string of the molecule is CC(=O)N1CCCC1CC(=O)N1CC(F)CC1C(=O)NC(c1ccccc1)c1ccc(C(C)C)cc1. The van der Waals surface area contributed by atoms with Gasteiger partial charge in [-0.15, -0.1) is 0 Å². The maximum atomic E-state index is 14.5. The van der Waals surface area contributed by atoms with Crippen molar-refractivity contribution in [1.29, 1.82) is 0 Å². The fourth-order valence-electron chi connectivity index (χ4n) is 5.41. The molecular weight excluding hydrogens is 457 g/mol. The predicted octanol–water partition coefficient (Wildman–Crippen LogP) is 4.36. The summed E-state index contributed by atoms with van der Waals surface area (Å²) in [6, 6.07) is 16.3. The lowest BCUT2D eigenvalue weighted by Gasteiger charge is -2.29. The third-order valence-electron chi connectivity index (χ3n) is 7.42. The number of nitrogens with one attached hydrogen (secondary N) is 1. The highest BCUT2D eigenvalue weighted by Gasteiger charge is 2.42. The van der Waals surface area contributed by atoms with Crippen molar-refractivity contribution in [2.45, 2.75) is 76.7 Å². The van der Waals surface area contributed by atoms with E-state index in [4.69, 9.17) is 0 Å². The van der Waals surface area contributed by atoms with E-state index in [9.17, 15) is 18.8 Å². The molecule has 0 saturated carbocycles. The van der Waals surface area contributed by atoms with Crippen LogP contribution < -0.4 is 5.32 Å². The van der Waals surface area contributed by atoms with E-state index >= 15 is 0 Å². The van der Waals surface area contributed by atoms with Crippen LogP contribution in [0.5, 0.6) is 0 Å². The summed E-state index contributed by atoms with van der Waals surface area (Å²) in [5.74, 6) is -0.299. The van der Waals surface area contributed by atoms with Crippen LogP contribution in [0.4, 0.5) is 4.39 Å². The number of carbonyl (C=O) groups excluding carboxylic acids is 3. The van der Waals surface area contributed by atoms with Gasteiger partial charge < -0.3 is 15.1 Å². The highest BCUT2D eigenvalue weighted by Crippen LogP contribution is 2.28. The summed E-state index contributed by atoms with van der Waals surface area (Å²) < 4.78 is 14.5. The first kappa shape index (κ1) is 25.9. The number of likely N-dealkylation sites (tertiary alicyclic amines) is 2. The van der Waals surface area contributed by atoms with Crippen molar-refractivity contribution in [3.8, 4) is 0 Å². The molecule has 3 amide bonds. The van der Waals surface area contributed by atoms with Gasteiger partial charge in [-0.1, -0.05) is 68.4 Å². The summed E-state index contributed by atoms with van der Waals surface area (Å²) in [5, 5.41) is 3.10. The predicted molar refractivity (Wildman–Crippen MR) is 137 cm³/mol. The molecule has 4 atom stereocenters. The minimum atomic E-state index is -1.25. The molecule has 0 bridgehead atoms. The Hall–Kier alpha value is -3.22. The summed E-state index contributed by atoms with van der Waals surface area (Å²) in [7, 11) is 0. The average Bonchev–Trinajstić information content (AvgIpc) is 3.49. The number of hydrogen-bond donors (Lipinski definition) is 1. The van der Waals surface area contributed by atoms with Gasteiger partial charge in [-0.3, -0.25) is 14.4 Å². The number of amides is 3. The fraction of sp³-hybridized carbons (Fsp3) is 0.483. The van der Waals surface area contributed by atoms with Crippen LogP contribution in [0.25, 0.3) is 0 Å². The summed E-state index contributed by atoms with van der Waals surface area (Å²) in [4.78, 5) is 41.7. The molecule has 2 aromatic rings. The molecular formula is C29H36FN3O3. The topological polar surface area (TPSA) is 69.7 Å². The van der Waals surface area contributed by atoms with Crippen molar-refractivity contribution in [2.75, 3.05) is 13.1 Å². The Morgan fingerprint density at radius 3 is 2.25 bits per heavy atom. The van der Waals surface area contributed by atoms with E-state index in [1.54, 1.807) is 4.90 Å². The van der Waals surface area contributed by atoms with Gasteiger partial charge in [0.2, 0.25) is 17.7 Å². The van der Waals surface area contributed by atoms with Crippen molar-refractivity contribution in [1.82, 2.24) is 15.1 Å². The first-order valence-corrected chi connectivity index (χ1v) is 12.9. The highest BCUT2D eigenvalue weighted by molar-refractivity contribution is 5.89. The molecule has 7 heteroatoms. The zero-order valence-electron chi connectivity index (χ0n) is 21.3. The summed E-state index contributed by atoms with van der Waals surface area (Å²) in [6.07, 6.45) is 0.443. The summed E-state index contributed by atoms with van der Waals surface area (Å²) in [5.41, 5.74) is 3.05. The lowest BCUT2D eigenvalue weighted by atomic mass is 9.95. The number of nitrogens with zero attached hydrogens (tertiary/aromatic N) is 2. The van der Waals surface area contributed by atoms with E-state index in [1.807, 2.05) is 42.5 Å². The lowest BCUT2D eigenvalue weighted by molar-refractivity contribution is -0.140. The molecule has 0 radical (unpaired) electrons. The van der Waals surface area contributed by atoms with E-state index in [0.29, 0.717) is 12.5 Å². The summed E-state index contributed by atoms with van der Waals surface area (Å²) in [6.45, 7) is 6.31. The molecule has 4 unspecified atom stereocenters. The van der Waals surface area contributed by atoms with Gasteiger partial charge in [0.25, 0.3) is 0 Å². The van der Waals surface area contributed by atoms with E-state index in [2.05, 4.69) is 31.3 Å². The molecule has 0 aliphatic carbocycles. The quantitative estimate of drug-likeness (QED) is 0.623. The number of rotatable bonds is 7. The lowest BCUT2D eigenvalue weighted by Crippen LogP contribution is -2.48. The van der Waals surface area contributed by atoms with Crippen molar-refractivity contribution in [2.24, 2.45) is 0 Å². The van der Waals surface area contributed by atoms with Gasteiger partial charge in [0.15, 0.2) is 0 Å². The molecule has 2 fully saturated rings. The fourth-order valence-corrected chi connectivity index (χ4v) is 5.41. The highest BCUT2D eigenvalue weighted by atomic mass is 19.1. The van der Waals surface area contributed by atoms with Crippen LogP contribution in [-0.2, 0) is 14.4 Å². The Balaban J connectivity index is 1.52. The Morgan fingerprint density at radius 1 is 0.972 bits per heavy atom. The van der Waals surface area contributed by atoms with Crippen molar-refractivity contribution in [3.05, 3.63) is 71.3 Å². The summed E-state index contributed by atoms with van der Waals surface area (Å²) >= 11 is 0. The number of carbonyl (C=O) groups is 3. The Morgan fingerprint density at radius 2 is 1.61 bits per heavy atom. The molecule has 2 aliphatic rings. The minimum Gasteiger partial charge on any atom is -0.343 e. The number of benzene rings is 2. The number of halogens is 1. The third-order valence-corrected chi connectivity index (χ3v) is 7.42. The second-order valence-corrected chi connectivity index (χ2v) is 10.3. The van der Waals surface area contributed by atoms with Crippen LogP contribution in [0.3, 0.4) is 0 Å². The van der Waals surface area contributed by atoms with Crippen LogP contribution in [-0.4, -0.2) is 58.9 Å². The van der Waals surface area contributed by atoms with E-state index in [-0.39, 0.29) is 43.1 Å². The molecule has 2 aromatic carbocycles. The second-order valence-electron chi connectivity index (χ2n) is 10.3. The van der Waals surface area contributed by atoms with Gasteiger partial charge in [-0.2, -0.15) is 0 Å². The Kier molecular flexibility index (Phi) is 8.07. The molecule has 2 saturated heterocycles. The number of hydrogen-bond acceptors (Lipinski definition) is 3. The van der Waals surface area contributed by atoms with E-state index in [0.717, 1.165) is 24.0 Å². The maximum Gasteiger partial charge on any atom is 0.243 e. The van der Waals surface area contributed by atoms with Gasteiger partial charge in [-0.25, -0.2) is 4.39 Å². The second kappa shape index (κ2) is 11.2. The number of alkyl halides is 1. The molecule has 0 spiro atoms. The normalized spacial score (nSPS) is 22.6. The molecule has 0 aromatic heterocycles. The first-order valence-electron chi connectivity index (χ1n) is 12.9. The van der Waals surface area contributed by atoms with Gasteiger partial charge in [0.1, 0.15) is 12.2 Å². The Bertz CT molecular complexity index is 1070. The molecule has 4 rings (SSSR count). The smallest absolute Gasteiger partial charge is 0.243 e. The van der Waals surface area contributed by atoms with Crippen LogP contribution in [0.2, 0.25) is 0 Å². The molecule has 1 N–H and O–H groups in total. The Labute approximate surface area is 212 Å². The average molecular weight is 494 g/mol. The maximum absolute atomic E-state index is 14.5. The van der Waals surface area contributed by atoms with E-state index < -0.39 is 18.3 Å². The van der Waals surface area contributed by atoms with Crippen LogP contribution >= 0.6 is 0 Å². The molecule has 2 aliphatic heterocycles. The molecule has 2 heterocycles. The van der Waals surface area contributed by atoms with Crippen molar-refractivity contribution < 1.29 is 18.8 Å². The van der Waals surface area contributed by atoms with Crippen LogP contribution in [0, 0.1) is 0 Å². The largest absolute Gasteiger partial charge is 0.343 e. The zero-order valence-corrected chi connectivity index (χ0v) is 21.3. The van der Waals surface area contributed by atoms with Crippen molar-refractivity contribution in [3.63, 3.8) is 0 Å². The van der Waals surface area contributed by atoms with Crippen molar-refractivity contribution >= 4 is 17.7 Å².